The third-order valence-electron chi connectivity index (χ3n) is 2.61. The number of carbonyl (C=O) groups is 1. The van der Waals surface area contributed by atoms with E-state index in [0.29, 0.717) is 11.4 Å². The molecule has 0 unspecified atom stereocenters. The second kappa shape index (κ2) is 5.53. The Morgan fingerprint density at radius 2 is 2.21 bits per heavy atom. The molecule has 19 heavy (non-hydrogen) atoms. The molecule has 2 aromatic heterocycles. The van der Waals surface area contributed by atoms with Crippen molar-refractivity contribution in [3.05, 3.63) is 42.1 Å². The Morgan fingerprint density at radius 1 is 1.42 bits per heavy atom. The van der Waals surface area contributed by atoms with E-state index in [9.17, 15) is 4.79 Å². The lowest BCUT2D eigenvalue weighted by Gasteiger charge is -2.16. The average Bonchev–Trinajstić information content (AvgIpc) is 2.88. The van der Waals surface area contributed by atoms with Crippen molar-refractivity contribution in [2.75, 3.05) is 24.3 Å². The van der Waals surface area contributed by atoms with E-state index >= 15 is 0 Å². The molecule has 3 N–H and O–H groups in total. The van der Waals surface area contributed by atoms with Crippen molar-refractivity contribution in [3.63, 3.8) is 0 Å². The number of anilines is 2. The summed E-state index contributed by atoms with van der Waals surface area (Å²) in [5.74, 6) is 0.481. The minimum atomic E-state index is -0.323. The fourth-order valence-electron chi connectivity index (χ4n) is 1.67. The van der Waals surface area contributed by atoms with Crippen molar-refractivity contribution in [3.8, 4) is 0 Å². The highest BCUT2D eigenvalue weighted by atomic mass is 16.4. The van der Waals surface area contributed by atoms with Gasteiger partial charge in [-0.3, -0.25) is 9.78 Å². The number of rotatable bonds is 4. The van der Waals surface area contributed by atoms with Gasteiger partial charge in [0.05, 0.1) is 24.1 Å². The molecule has 0 spiro atoms. The van der Waals surface area contributed by atoms with Crippen LogP contribution in [-0.2, 0) is 6.54 Å². The Morgan fingerprint density at radius 3 is 2.84 bits per heavy atom. The molecule has 6 heteroatoms. The van der Waals surface area contributed by atoms with E-state index in [0.717, 1.165) is 5.69 Å². The number of nitrogens with zero attached hydrogens (tertiary/aromatic N) is 2. The maximum Gasteiger partial charge on any atom is 0.291 e. The average molecular weight is 260 g/mol. The van der Waals surface area contributed by atoms with Crippen LogP contribution in [0.2, 0.25) is 0 Å². The van der Waals surface area contributed by atoms with Crippen LogP contribution in [0.15, 0.2) is 35.0 Å². The largest absolute Gasteiger partial charge is 0.455 e. The molecule has 2 heterocycles. The molecule has 2 rings (SSSR count). The third-order valence-corrected chi connectivity index (χ3v) is 2.61. The van der Waals surface area contributed by atoms with E-state index in [1.807, 2.05) is 25.1 Å². The van der Waals surface area contributed by atoms with Crippen LogP contribution in [0.1, 0.15) is 16.3 Å². The fourth-order valence-corrected chi connectivity index (χ4v) is 1.67. The number of hydrogen-bond acceptors (Lipinski definition) is 5. The van der Waals surface area contributed by atoms with E-state index < -0.39 is 0 Å². The van der Waals surface area contributed by atoms with Crippen molar-refractivity contribution >= 4 is 17.3 Å². The molecule has 0 bridgehead atoms. The summed E-state index contributed by atoms with van der Waals surface area (Å²) >= 11 is 0. The van der Waals surface area contributed by atoms with Gasteiger partial charge in [0.15, 0.2) is 5.76 Å². The molecule has 2 aromatic rings. The maximum atomic E-state index is 12.0. The Kier molecular flexibility index (Phi) is 3.82. The number of pyridine rings is 1. The van der Waals surface area contributed by atoms with E-state index in [1.54, 1.807) is 24.5 Å². The highest BCUT2D eigenvalue weighted by Gasteiger charge is 2.13. The Bertz CT molecular complexity index is 578. The highest BCUT2D eigenvalue weighted by molar-refractivity contribution is 6.04. The number of amides is 1. The van der Waals surface area contributed by atoms with Crippen LogP contribution in [0, 0.1) is 0 Å². The van der Waals surface area contributed by atoms with Gasteiger partial charge in [-0.25, -0.2) is 0 Å². The van der Waals surface area contributed by atoms with Crippen molar-refractivity contribution in [2.45, 2.75) is 6.54 Å². The molecule has 6 nitrogen and oxygen atoms in total. The first-order chi connectivity index (χ1) is 9.11. The molecular weight excluding hydrogens is 244 g/mol. The van der Waals surface area contributed by atoms with Gasteiger partial charge in [0.2, 0.25) is 0 Å². The molecule has 0 aromatic carbocycles. The number of furan rings is 1. The van der Waals surface area contributed by atoms with Crippen LogP contribution in [-0.4, -0.2) is 25.0 Å². The van der Waals surface area contributed by atoms with Crippen LogP contribution < -0.4 is 16.0 Å². The second-order valence-corrected chi connectivity index (χ2v) is 4.21. The normalized spacial score (nSPS) is 10.3. The Hall–Kier alpha value is -2.34. The third kappa shape index (κ3) is 2.92. The SMILES string of the molecule is CN(C)c1ccncc1NC(=O)c1ccc(CN)o1. The minimum Gasteiger partial charge on any atom is -0.455 e. The first-order valence-electron chi connectivity index (χ1n) is 5.83. The van der Waals surface area contributed by atoms with E-state index in [4.69, 9.17) is 10.2 Å². The summed E-state index contributed by atoms with van der Waals surface area (Å²) in [4.78, 5) is 17.9. The van der Waals surface area contributed by atoms with Crippen molar-refractivity contribution in [1.82, 2.24) is 4.98 Å². The number of nitrogens with two attached hydrogens (primary N) is 1. The molecule has 0 aliphatic carbocycles. The standard InChI is InChI=1S/C13H16N4O2/c1-17(2)11-5-6-15-8-10(11)16-13(18)12-4-3-9(7-14)19-12/h3-6,8H,7,14H2,1-2H3,(H,16,18). The van der Waals surface area contributed by atoms with Crippen molar-refractivity contribution in [2.24, 2.45) is 5.73 Å². The molecule has 0 aliphatic heterocycles. The van der Waals surface area contributed by atoms with Gasteiger partial charge in [0, 0.05) is 20.3 Å². The molecule has 0 aliphatic rings. The first-order valence-corrected chi connectivity index (χ1v) is 5.83. The minimum absolute atomic E-state index is 0.231. The molecule has 0 saturated carbocycles. The zero-order valence-corrected chi connectivity index (χ0v) is 10.9. The summed E-state index contributed by atoms with van der Waals surface area (Å²) in [6, 6.07) is 5.11. The molecule has 0 radical (unpaired) electrons. The summed E-state index contributed by atoms with van der Waals surface area (Å²) in [7, 11) is 3.79. The summed E-state index contributed by atoms with van der Waals surface area (Å²) in [6.45, 7) is 0.267. The van der Waals surface area contributed by atoms with E-state index in [-0.39, 0.29) is 18.2 Å². The molecule has 0 saturated heterocycles. The molecule has 100 valence electrons. The summed E-state index contributed by atoms with van der Waals surface area (Å²) < 4.78 is 5.30. The number of carbonyl (C=O) groups excluding carboxylic acids is 1. The maximum absolute atomic E-state index is 12.0. The predicted molar refractivity (Wildman–Crippen MR) is 73.1 cm³/mol. The smallest absolute Gasteiger partial charge is 0.291 e. The van der Waals surface area contributed by atoms with Gasteiger partial charge in [0.1, 0.15) is 5.76 Å². The van der Waals surface area contributed by atoms with Crippen molar-refractivity contribution in [1.29, 1.82) is 0 Å². The van der Waals surface area contributed by atoms with Gasteiger partial charge in [-0.05, 0) is 18.2 Å². The Balaban J connectivity index is 2.19. The molecule has 0 atom stereocenters. The summed E-state index contributed by atoms with van der Waals surface area (Å²) in [5.41, 5.74) is 6.93. The monoisotopic (exact) mass is 260 g/mol. The van der Waals surface area contributed by atoms with Gasteiger partial charge < -0.3 is 20.4 Å². The summed E-state index contributed by atoms with van der Waals surface area (Å²) in [5, 5.41) is 2.77. The van der Waals surface area contributed by atoms with Gasteiger partial charge >= 0.3 is 0 Å². The predicted octanol–water partition coefficient (Wildman–Crippen LogP) is 1.45. The van der Waals surface area contributed by atoms with Crippen LogP contribution in [0.4, 0.5) is 11.4 Å². The van der Waals surface area contributed by atoms with Crippen LogP contribution in [0.3, 0.4) is 0 Å². The zero-order chi connectivity index (χ0) is 13.8. The lowest BCUT2D eigenvalue weighted by atomic mass is 10.3. The first kappa shape index (κ1) is 13.1. The van der Waals surface area contributed by atoms with Crippen LogP contribution in [0.25, 0.3) is 0 Å². The van der Waals surface area contributed by atoms with E-state index in [2.05, 4.69) is 10.3 Å². The van der Waals surface area contributed by atoms with Crippen LogP contribution >= 0.6 is 0 Å². The molecular formula is C13H16N4O2. The van der Waals surface area contributed by atoms with Gasteiger partial charge in [-0.15, -0.1) is 0 Å². The van der Waals surface area contributed by atoms with Crippen molar-refractivity contribution < 1.29 is 9.21 Å². The zero-order valence-electron chi connectivity index (χ0n) is 10.9. The number of hydrogen-bond donors (Lipinski definition) is 2. The van der Waals surface area contributed by atoms with Gasteiger partial charge in [0.25, 0.3) is 5.91 Å². The highest BCUT2D eigenvalue weighted by Crippen LogP contribution is 2.23. The Labute approximate surface area is 111 Å². The van der Waals surface area contributed by atoms with Gasteiger partial charge in [-0.2, -0.15) is 0 Å². The molecule has 0 fully saturated rings. The topological polar surface area (TPSA) is 84.4 Å². The lowest BCUT2D eigenvalue weighted by molar-refractivity contribution is 0.0995. The molecule has 1 amide bonds. The van der Waals surface area contributed by atoms with E-state index in [1.165, 1.54) is 0 Å². The quantitative estimate of drug-likeness (QED) is 0.869. The lowest BCUT2D eigenvalue weighted by Crippen LogP contribution is -2.16. The second-order valence-electron chi connectivity index (χ2n) is 4.21. The summed E-state index contributed by atoms with van der Waals surface area (Å²) in [6.07, 6.45) is 3.27. The number of nitrogens with one attached hydrogen (secondary N) is 1. The fraction of sp³-hybridized carbons (Fsp3) is 0.231. The van der Waals surface area contributed by atoms with Gasteiger partial charge in [-0.1, -0.05) is 0 Å². The number of aromatic nitrogens is 1. The van der Waals surface area contributed by atoms with Crippen LogP contribution in [0.5, 0.6) is 0 Å².